The van der Waals surface area contributed by atoms with Gasteiger partial charge in [0.1, 0.15) is 5.84 Å². The molecule has 0 saturated heterocycles. The maximum Gasteiger partial charge on any atom is 0.102 e. The van der Waals surface area contributed by atoms with Crippen molar-refractivity contribution in [2.24, 2.45) is 15.8 Å². The van der Waals surface area contributed by atoms with Gasteiger partial charge in [-0.2, -0.15) is 5.10 Å². The van der Waals surface area contributed by atoms with Crippen LogP contribution in [0.25, 0.3) is 0 Å². The number of amidine groups is 1. The third-order valence-electron chi connectivity index (χ3n) is 5.07. The molecule has 0 fully saturated rings. The highest BCUT2D eigenvalue weighted by Crippen LogP contribution is 2.21. The summed E-state index contributed by atoms with van der Waals surface area (Å²) in [7, 11) is 0. The van der Waals surface area contributed by atoms with Crippen molar-refractivity contribution in [3.8, 4) is 0 Å². The molecule has 3 aromatic carbocycles. The van der Waals surface area contributed by atoms with Gasteiger partial charge in [-0.25, -0.2) is 0 Å². The Balaban J connectivity index is 0.000000353. The van der Waals surface area contributed by atoms with Crippen molar-refractivity contribution in [1.82, 2.24) is 0 Å². The third kappa shape index (κ3) is 9.86. The van der Waals surface area contributed by atoms with E-state index < -0.39 is 0 Å². The van der Waals surface area contributed by atoms with Gasteiger partial charge >= 0.3 is 0 Å². The molecule has 0 saturated carbocycles. The molecule has 34 heavy (non-hydrogen) atoms. The maximum absolute atomic E-state index is 6.17. The molecule has 0 bridgehead atoms. The van der Waals surface area contributed by atoms with E-state index in [9.17, 15) is 0 Å². The average Bonchev–Trinajstić information content (AvgIpc) is 2.90. The van der Waals surface area contributed by atoms with E-state index in [2.05, 4.69) is 66.9 Å². The second kappa shape index (κ2) is 16.9. The van der Waals surface area contributed by atoms with Crippen LogP contribution >= 0.6 is 0 Å². The smallest absolute Gasteiger partial charge is 0.102 e. The van der Waals surface area contributed by atoms with Crippen LogP contribution in [0.3, 0.4) is 0 Å². The van der Waals surface area contributed by atoms with Gasteiger partial charge in [0.25, 0.3) is 0 Å². The number of hydrazone groups is 1. The Morgan fingerprint density at radius 2 is 1.53 bits per heavy atom. The van der Waals surface area contributed by atoms with Crippen LogP contribution in [-0.2, 0) is 6.42 Å². The van der Waals surface area contributed by atoms with E-state index in [4.69, 9.17) is 5.73 Å². The molecule has 2 atom stereocenters. The average molecular weight is 457 g/mol. The Labute approximate surface area is 206 Å². The summed E-state index contributed by atoms with van der Waals surface area (Å²) in [6.45, 7) is 15.5. The predicted molar refractivity (Wildman–Crippen MR) is 151 cm³/mol. The van der Waals surface area contributed by atoms with E-state index in [1.165, 1.54) is 17.5 Å². The van der Waals surface area contributed by atoms with Crippen molar-refractivity contribution >= 4 is 18.2 Å². The van der Waals surface area contributed by atoms with Crippen molar-refractivity contribution in [2.75, 3.05) is 5.43 Å². The number of benzene rings is 3. The molecule has 180 valence electrons. The van der Waals surface area contributed by atoms with Crippen LogP contribution in [0.2, 0.25) is 0 Å². The Hall–Kier alpha value is -3.66. The molecule has 0 aliphatic carbocycles. The highest BCUT2D eigenvalue weighted by molar-refractivity contribution is 5.87. The predicted octanol–water partition coefficient (Wildman–Crippen LogP) is 7.77. The summed E-state index contributed by atoms with van der Waals surface area (Å²) in [5.41, 5.74) is 13.6. The number of aryl methyl sites for hydroxylation is 1. The fourth-order valence-corrected chi connectivity index (χ4v) is 3.27. The number of nitrogens with zero attached hydrogens (tertiary/aromatic N) is 2. The maximum atomic E-state index is 6.17. The molecule has 4 heteroatoms. The highest BCUT2D eigenvalue weighted by Gasteiger charge is 2.12. The first-order valence-electron chi connectivity index (χ1n) is 11.9. The van der Waals surface area contributed by atoms with Gasteiger partial charge < -0.3 is 5.73 Å². The zero-order chi connectivity index (χ0) is 25.2. The summed E-state index contributed by atoms with van der Waals surface area (Å²) in [6.07, 6.45) is 4.11. The lowest BCUT2D eigenvalue weighted by Gasteiger charge is -2.15. The van der Waals surface area contributed by atoms with E-state index in [1.807, 2.05) is 80.6 Å². The first kappa shape index (κ1) is 28.4. The molecule has 2 unspecified atom stereocenters. The van der Waals surface area contributed by atoms with Gasteiger partial charge in [-0.15, -0.1) is 6.58 Å². The van der Waals surface area contributed by atoms with Gasteiger partial charge in [-0.3, -0.25) is 10.4 Å². The molecule has 3 N–H and O–H groups in total. The molecule has 0 amide bonds. The van der Waals surface area contributed by atoms with Crippen molar-refractivity contribution in [1.29, 1.82) is 0 Å². The summed E-state index contributed by atoms with van der Waals surface area (Å²) in [5, 5.41) is 3.61. The topological polar surface area (TPSA) is 62.8 Å². The lowest BCUT2D eigenvalue weighted by atomic mass is 10.00. The van der Waals surface area contributed by atoms with Crippen LogP contribution in [0, 0.1) is 0 Å². The van der Waals surface area contributed by atoms with Crippen molar-refractivity contribution < 1.29 is 0 Å². The summed E-state index contributed by atoms with van der Waals surface area (Å²) in [5.74, 6) is 0.729. The van der Waals surface area contributed by atoms with Crippen LogP contribution < -0.4 is 11.2 Å². The summed E-state index contributed by atoms with van der Waals surface area (Å²) in [6, 6.07) is 28.4. The number of nitrogens with one attached hydrogen (secondary N) is 1. The minimum Gasteiger partial charge on any atom is -0.387 e. The molecule has 3 aromatic rings. The van der Waals surface area contributed by atoms with Crippen molar-refractivity contribution in [2.45, 2.75) is 52.5 Å². The van der Waals surface area contributed by atoms with Gasteiger partial charge in [0.2, 0.25) is 0 Å². The molecule has 0 radical (unpaired) electrons. The largest absolute Gasteiger partial charge is 0.387 e. The minimum atomic E-state index is -0.0950. The normalized spacial score (nSPS) is 12.1. The number of rotatable bonds is 9. The van der Waals surface area contributed by atoms with Gasteiger partial charge in [-0.1, -0.05) is 113 Å². The lowest BCUT2D eigenvalue weighted by Crippen LogP contribution is -2.20. The third-order valence-corrected chi connectivity index (χ3v) is 5.07. The molecule has 4 nitrogen and oxygen atoms in total. The lowest BCUT2D eigenvalue weighted by molar-refractivity contribution is 0.879. The van der Waals surface area contributed by atoms with E-state index in [-0.39, 0.29) is 12.0 Å². The fourth-order valence-electron chi connectivity index (χ4n) is 3.27. The molecule has 0 aliphatic heterocycles. The summed E-state index contributed by atoms with van der Waals surface area (Å²) >= 11 is 0. The van der Waals surface area contributed by atoms with Crippen LogP contribution in [-0.4, -0.2) is 12.6 Å². The first-order chi connectivity index (χ1) is 16.6. The standard InChI is InChI=1S/C18H20N2.C10H14N2.C2H6/c1-3-17(16-12-8-5-9-13-16)20-18(19)14(2)15-10-6-4-7-11-15;1-3-5-9-6-4-7-10(8-9)12-11-2;1-2/h3-14,17H,1H2,2H3,(H2,19,20);4,6-8,12H,2-3,5H2,1H3;1-2H3. The van der Waals surface area contributed by atoms with E-state index in [0.29, 0.717) is 5.84 Å². The van der Waals surface area contributed by atoms with Crippen LogP contribution in [0.5, 0.6) is 0 Å². The Kier molecular flexibility index (Phi) is 14.1. The second-order valence-electron chi connectivity index (χ2n) is 7.50. The van der Waals surface area contributed by atoms with Crippen molar-refractivity contribution in [3.63, 3.8) is 0 Å². The zero-order valence-corrected chi connectivity index (χ0v) is 21.1. The molecule has 0 aromatic heterocycles. The van der Waals surface area contributed by atoms with E-state index in [0.717, 1.165) is 17.7 Å². The van der Waals surface area contributed by atoms with Crippen molar-refractivity contribution in [3.05, 3.63) is 114 Å². The quantitative estimate of drug-likeness (QED) is 0.149. The Bertz CT molecular complexity index is 981. The number of nitrogens with two attached hydrogens (primary N) is 1. The number of hydrogen-bond donors (Lipinski definition) is 2. The summed E-state index contributed by atoms with van der Waals surface area (Å²) < 4.78 is 0. The highest BCUT2D eigenvalue weighted by atomic mass is 15.3. The van der Waals surface area contributed by atoms with Gasteiger partial charge in [0.15, 0.2) is 0 Å². The van der Waals surface area contributed by atoms with Gasteiger partial charge in [-0.05, 0) is 35.2 Å². The van der Waals surface area contributed by atoms with Gasteiger partial charge in [0.05, 0.1) is 11.7 Å². The summed E-state index contributed by atoms with van der Waals surface area (Å²) in [4.78, 5) is 4.62. The van der Waals surface area contributed by atoms with Crippen LogP contribution in [0.15, 0.2) is 108 Å². The monoisotopic (exact) mass is 456 g/mol. The molecule has 0 spiro atoms. The fraction of sp³-hybridized carbons (Fsp3) is 0.267. The van der Waals surface area contributed by atoms with E-state index >= 15 is 0 Å². The molecular weight excluding hydrogens is 416 g/mol. The molecule has 0 heterocycles. The Morgan fingerprint density at radius 3 is 2.06 bits per heavy atom. The molecule has 0 aliphatic rings. The minimum absolute atomic E-state index is 0.0950. The second-order valence-corrected chi connectivity index (χ2v) is 7.50. The Morgan fingerprint density at radius 1 is 0.941 bits per heavy atom. The molecular formula is C30H40N4. The first-order valence-corrected chi connectivity index (χ1v) is 11.9. The number of anilines is 1. The zero-order valence-electron chi connectivity index (χ0n) is 21.1. The molecule has 3 rings (SSSR count). The van der Waals surface area contributed by atoms with Crippen LogP contribution in [0.4, 0.5) is 5.69 Å². The number of aliphatic imine (C=N–C) groups is 1. The van der Waals surface area contributed by atoms with E-state index in [1.54, 1.807) is 0 Å². The van der Waals surface area contributed by atoms with Gasteiger partial charge in [0, 0.05) is 12.6 Å². The van der Waals surface area contributed by atoms with Crippen LogP contribution in [0.1, 0.15) is 62.8 Å². The SMILES string of the molecule is C=CC(N=C(N)C(C)c1ccccc1)c1ccccc1.C=NNc1cccc(CCC)c1.CC. The number of hydrogen-bond acceptors (Lipinski definition) is 3.